The van der Waals surface area contributed by atoms with E-state index in [9.17, 15) is 4.39 Å². The standard InChI is InChI=1S/C9H18FN/c1-2-3-8-4-6-11-7-5-9(8)10/h8-9,11H,2-7H2,1H3. The van der Waals surface area contributed by atoms with Crippen molar-refractivity contribution in [3.8, 4) is 0 Å². The first-order chi connectivity index (χ1) is 5.34. The van der Waals surface area contributed by atoms with Crippen molar-refractivity contribution in [3.63, 3.8) is 0 Å². The zero-order chi connectivity index (χ0) is 8.10. The second-order valence-corrected chi connectivity index (χ2v) is 3.39. The van der Waals surface area contributed by atoms with E-state index in [-0.39, 0.29) is 0 Å². The van der Waals surface area contributed by atoms with Gasteiger partial charge in [-0.1, -0.05) is 13.3 Å². The second kappa shape index (κ2) is 4.70. The lowest BCUT2D eigenvalue weighted by molar-refractivity contribution is 0.209. The van der Waals surface area contributed by atoms with Crippen molar-refractivity contribution in [2.24, 2.45) is 5.92 Å². The lowest BCUT2D eigenvalue weighted by atomic mass is 9.94. The maximum atomic E-state index is 13.3. The summed E-state index contributed by atoms with van der Waals surface area (Å²) in [5, 5.41) is 3.23. The van der Waals surface area contributed by atoms with Crippen molar-refractivity contribution in [1.82, 2.24) is 5.32 Å². The SMILES string of the molecule is CCCC1CCNCCC1F. The predicted octanol–water partition coefficient (Wildman–Crippen LogP) is 2.12. The van der Waals surface area contributed by atoms with Gasteiger partial charge in [0.15, 0.2) is 0 Å². The largest absolute Gasteiger partial charge is 0.317 e. The molecule has 1 aliphatic heterocycles. The van der Waals surface area contributed by atoms with E-state index in [0.29, 0.717) is 12.3 Å². The number of alkyl halides is 1. The normalized spacial score (nSPS) is 33.3. The molecule has 2 atom stereocenters. The molecule has 1 aliphatic rings. The highest BCUT2D eigenvalue weighted by Gasteiger charge is 2.21. The van der Waals surface area contributed by atoms with Crippen molar-refractivity contribution in [2.75, 3.05) is 13.1 Å². The van der Waals surface area contributed by atoms with Gasteiger partial charge in [-0.3, -0.25) is 0 Å². The fourth-order valence-electron chi connectivity index (χ4n) is 1.76. The zero-order valence-corrected chi connectivity index (χ0v) is 7.28. The smallest absolute Gasteiger partial charge is 0.104 e. The quantitative estimate of drug-likeness (QED) is 0.650. The molecule has 0 aromatic rings. The van der Waals surface area contributed by atoms with E-state index in [1.54, 1.807) is 0 Å². The van der Waals surface area contributed by atoms with Crippen molar-refractivity contribution < 1.29 is 4.39 Å². The first kappa shape index (κ1) is 8.98. The summed E-state index contributed by atoms with van der Waals surface area (Å²) < 4.78 is 13.3. The summed E-state index contributed by atoms with van der Waals surface area (Å²) >= 11 is 0. The summed E-state index contributed by atoms with van der Waals surface area (Å²) in [4.78, 5) is 0. The average Bonchev–Trinajstić information content (AvgIpc) is 2.18. The Morgan fingerprint density at radius 2 is 2.09 bits per heavy atom. The number of rotatable bonds is 2. The summed E-state index contributed by atoms with van der Waals surface area (Å²) in [5.74, 6) is 0.329. The summed E-state index contributed by atoms with van der Waals surface area (Å²) in [6, 6.07) is 0. The van der Waals surface area contributed by atoms with Crippen LogP contribution in [0.5, 0.6) is 0 Å². The van der Waals surface area contributed by atoms with Crippen molar-refractivity contribution in [2.45, 2.75) is 38.8 Å². The average molecular weight is 159 g/mol. The topological polar surface area (TPSA) is 12.0 Å². The van der Waals surface area contributed by atoms with E-state index in [1.165, 1.54) is 0 Å². The molecule has 1 saturated heterocycles. The zero-order valence-electron chi connectivity index (χ0n) is 7.28. The molecule has 0 saturated carbocycles. The Hall–Kier alpha value is -0.110. The third-order valence-corrected chi connectivity index (χ3v) is 2.46. The molecule has 11 heavy (non-hydrogen) atoms. The lowest BCUT2D eigenvalue weighted by Crippen LogP contribution is -2.15. The predicted molar refractivity (Wildman–Crippen MR) is 45.4 cm³/mol. The van der Waals surface area contributed by atoms with Crippen molar-refractivity contribution >= 4 is 0 Å². The van der Waals surface area contributed by atoms with E-state index < -0.39 is 6.17 Å². The van der Waals surface area contributed by atoms with E-state index in [0.717, 1.165) is 32.4 Å². The first-order valence-electron chi connectivity index (χ1n) is 4.69. The van der Waals surface area contributed by atoms with Crippen LogP contribution >= 0.6 is 0 Å². The molecular formula is C9H18FN. The van der Waals surface area contributed by atoms with Crippen LogP contribution in [0, 0.1) is 5.92 Å². The van der Waals surface area contributed by atoms with E-state index >= 15 is 0 Å². The summed E-state index contributed by atoms with van der Waals surface area (Å²) in [7, 11) is 0. The second-order valence-electron chi connectivity index (χ2n) is 3.39. The van der Waals surface area contributed by atoms with E-state index in [2.05, 4.69) is 12.2 Å². The Labute approximate surface area is 68.4 Å². The van der Waals surface area contributed by atoms with Crippen LogP contribution in [0.2, 0.25) is 0 Å². The summed E-state index contributed by atoms with van der Waals surface area (Å²) in [6.45, 7) is 4.00. The summed E-state index contributed by atoms with van der Waals surface area (Å²) in [5.41, 5.74) is 0. The first-order valence-corrected chi connectivity index (χ1v) is 4.69. The molecule has 0 aromatic carbocycles. The molecule has 0 bridgehead atoms. The molecule has 2 heteroatoms. The number of nitrogens with one attached hydrogen (secondary N) is 1. The Bertz CT molecular complexity index is 106. The van der Waals surface area contributed by atoms with Gasteiger partial charge in [-0.2, -0.15) is 0 Å². The fourth-order valence-corrected chi connectivity index (χ4v) is 1.76. The molecule has 1 N–H and O–H groups in total. The molecule has 1 fully saturated rings. The molecule has 1 nitrogen and oxygen atoms in total. The molecule has 0 aliphatic carbocycles. The molecule has 0 spiro atoms. The van der Waals surface area contributed by atoms with Crippen LogP contribution in [0.3, 0.4) is 0 Å². The van der Waals surface area contributed by atoms with Gasteiger partial charge in [-0.05, 0) is 38.3 Å². The van der Waals surface area contributed by atoms with Gasteiger partial charge in [0.2, 0.25) is 0 Å². The molecule has 1 heterocycles. The van der Waals surface area contributed by atoms with Gasteiger partial charge in [-0.25, -0.2) is 4.39 Å². The minimum atomic E-state index is -0.551. The molecule has 1 rings (SSSR count). The van der Waals surface area contributed by atoms with Gasteiger partial charge in [0, 0.05) is 0 Å². The number of hydrogen-bond acceptors (Lipinski definition) is 1. The van der Waals surface area contributed by atoms with E-state index in [4.69, 9.17) is 0 Å². The van der Waals surface area contributed by atoms with Crippen LogP contribution in [-0.2, 0) is 0 Å². The Kier molecular flexibility index (Phi) is 3.84. The van der Waals surface area contributed by atoms with Crippen molar-refractivity contribution in [1.29, 1.82) is 0 Å². The summed E-state index contributed by atoms with van der Waals surface area (Å²) in [6.07, 6.45) is 3.36. The Morgan fingerprint density at radius 3 is 2.82 bits per heavy atom. The highest BCUT2D eigenvalue weighted by molar-refractivity contribution is 4.74. The fraction of sp³-hybridized carbons (Fsp3) is 1.00. The number of halogens is 1. The van der Waals surface area contributed by atoms with Crippen LogP contribution in [-0.4, -0.2) is 19.3 Å². The Balaban J connectivity index is 2.32. The van der Waals surface area contributed by atoms with Crippen molar-refractivity contribution in [3.05, 3.63) is 0 Å². The highest BCUT2D eigenvalue weighted by atomic mass is 19.1. The molecule has 0 radical (unpaired) electrons. The molecular weight excluding hydrogens is 141 g/mol. The van der Waals surface area contributed by atoms with Gasteiger partial charge in [0.05, 0.1) is 0 Å². The van der Waals surface area contributed by atoms with Gasteiger partial charge >= 0.3 is 0 Å². The van der Waals surface area contributed by atoms with Gasteiger partial charge in [0.1, 0.15) is 6.17 Å². The van der Waals surface area contributed by atoms with Crippen LogP contribution in [0.1, 0.15) is 32.6 Å². The Morgan fingerprint density at radius 1 is 1.36 bits per heavy atom. The third kappa shape index (κ3) is 2.78. The molecule has 2 unspecified atom stereocenters. The third-order valence-electron chi connectivity index (χ3n) is 2.46. The lowest BCUT2D eigenvalue weighted by Gasteiger charge is -2.16. The van der Waals surface area contributed by atoms with Gasteiger partial charge in [-0.15, -0.1) is 0 Å². The number of hydrogen-bond donors (Lipinski definition) is 1. The monoisotopic (exact) mass is 159 g/mol. The van der Waals surface area contributed by atoms with Gasteiger partial charge < -0.3 is 5.32 Å². The van der Waals surface area contributed by atoms with Crippen LogP contribution < -0.4 is 5.32 Å². The van der Waals surface area contributed by atoms with Crippen LogP contribution in [0.4, 0.5) is 4.39 Å². The molecule has 0 amide bonds. The van der Waals surface area contributed by atoms with Crippen LogP contribution in [0.15, 0.2) is 0 Å². The molecule has 0 aromatic heterocycles. The maximum absolute atomic E-state index is 13.3. The van der Waals surface area contributed by atoms with E-state index in [1.807, 2.05) is 0 Å². The molecule has 66 valence electrons. The minimum absolute atomic E-state index is 0.329. The highest BCUT2D eigenvalue weighted by Crippen LogP contribution is 2.22. The maximum Gasteiger partial charge on any atom is 0.104 e. The minimum Gasteiger partial charge on any atom is -0.317 e. The van der Waals surface area contributed by atoms with Crippen LogP contribution in [0.25, 0.3) is 0 Å². The van der Waals surface area contributed by atoms with Gasteiger partial charge in [0.25, 0.3) is 0 Å².